The largest absolute Gasteiger partial charge is 0.489 e. The van der Waals surface area contributed by atoms with Gasteiger partial charge in [0.1, 0.15) is 5.82 Å². The maximum absolute atomic E-state index is 11.9. The number of nitrogens with zero attached hydrogens (tertiary/aromatic N) is 1. The van der Waals surface area contributed by atoms with Gasteiger partial charge < -0.3 is 15.4 Å². The first-order chi connectivity index (χ1) is 9.08. The van der Waals surface area contributed by atoms with Crippen LogP contribution in [-0.2, 0) is 0 Å². The molecule has 19 heavy (non-hydrogen) atoms. The average molecular weight is 276 g/mol. The van der Waals surface area contributed by atoms with Gasteiger partial charge in [-0.2, -0.15) is 0 Å². The number of hydrogen-bond donors (Lipinski definition) is 3. The Hall–Kier alpha value is -1.89. The fourth-order valence-corrected chi connectivity index (χ4v) is 1.78. The fraction of sp³-hybridized carbons (Fsp3) is 0. The molecular weight excluding hydrogens is 266 g/mol. The fourth-order valence-electron chi connectivity index (χ4n) is 1.50. The Morgan fingerprint density at radius 1 is 1.26 bits per heavy atom. The molecule has 0 aliphatic carbocycles. The van der Waals surface area contributed by atoms with Crippen LogP contribution >= 0.6 is 11.6 Å². The summed E-state index contributed by atoms with van der Waals surface area (Å²) < 4.78 is 0. The minimum atomic E-state index is -1.67. The van der Waals surface area contributed by atoms with E-state index in [0.29, 0.717) is 11.4 Å². The van der Waals surface area contributed by atoms with Crippen molar-refractivity contribution in [2.45, 2.75) is 0 Å². The van der Waals surface area contributed by atoms with E-state index in [1.807, 2.05) is 0 Å². The number of benzene rings is 1. The number of rotatable bonds is 3. The van der Waals surface area contributed by atoms with Gasteiger partial charge in [0.2, 0.25) is 0 Å². The van der Waals surface area contributed by atoms with E-state index in [1.54, 1.807) is 24.4 Å². The van der Waals surface area contributed by atoms with E-state index in [0.717, 1.165) is 0 Å². The van der Waals surface area contributed by atoms with E-state index in [9.17, 15) is 4.79 Å². The maximum Gasteiger partial charge on any atom is 0.489 e. The molecule has 0 aliphatic rings. The average Bonchev–Trinajstić information content (AvgIpc) is 2.39. The molecule has 0 atom stereocenters. The van der Waals surface area contributed by atoms with Crippen molar-refractivity contribution in [3.05, 3.63) is 53.2 Å². The molecule has 0 aliphatic heterocycles. The number of anilines is 1. The molecule has 0 spiro atoms. The molecular formula is C12H10BClN2O3. The summed E-state index contributed by atoms with van der Waals surface area (Å²) in [5.41, 5.74) is 0.455. The summed E-state index contributed by atoms with van der Waals surface area (Å²) in [6.45, 7) is 0. The Labute approximate surface area is 115 Å². The summed E-state index contributed by atoms with van der Waals surface area (Å²) >= 11 is 5.86. The van der Waals surface area contributed by atoms with Crippen molar-refractivity contribution < 1.29 is 14.8 Å². The summed E-state index contributed by atoms with van der Waals surface area (Å²) in [5.74, 6) is 0.0504. The van der Waals surface area contributed by atoms with Crippen LogP contribution in [0.25, 0.3) is 0 Å². The second-order valence-corrected chi connectivity index (χ2v) is 4.19. The van der Waals surface area contributed by atoms with Crippen molar-refractivity contribution in [2.75, 3.05) is 5.32 Å². The number of pyridine rings is 1. The summed E-state index contributed by atoms with van der Waals surface area (Å²) in [5, 5.41) is 20.8. The lowest BCUT2D eigenvalue weighted by atomic mass is 9.80. The monoisotopic (exact) mass is 276 g/mol. The predicted octanol–water partition coefficient (Wildman–Crippen LogP) is 0.667. The smallest absolute Gasteiger partial charge is 0.423 e. The van der Waals surface area contributed by atoms with Gasteiger partial charge in [-0.05, 0) is 24.3 Å². The molecule has 1 amide bonds. The van der Waals surface area contributed by atoms with Crippen LogP contribution in [0.2, 0.25) is 5.02 Å². The first kappa shape index (κ1) is 13.5. The van der Waals surface area contributed by atoms with Crippen LogP contribution in [0.5, 0.6) is 0 Å². The lowest BCUT2D eigenvalue weighted by Gasteiger charge is -2.07. The van der Waals surface area contributed by atoms with Gasteiger partial charge in [0.15, 0.2) is 0 Å². The van der Waals surface area contributed by atoms with Crippen molar-refractivity contribution >= 4 is 35.9 Å². The summed E-state index contributed by atoms with van der Waals surface area (Å²) in [7, 11) is -1.67. The molecule has 2 rings (SSSR count). The topological polar surface area (TPSA) is 82.5 Å². The van der Waals surface area contributed by atoms with Crippen molar-refractivity contribution in [3.8, 4) is 0 Å². The molecule has 0 saturated heterocycles. The second-order valence-electron chi connectivity index (χ2n) is 3.78. The standard InChI is InChI=1S/C12H10BClN2O3/c14-10-7-8(4-5-9(10)13(18)19)12(17)16-11-3-1-2-6-15-11/h1-7,18-19H,(H,15,16,17). The molecule has 0 unspecified atom stereocenters. The van der Waals surface area contributed by atoms with Gasteiger partial charge in [-0.1, -0.05) is 23.7 Å². The van der Waals surface area contributed by atoms with Gasteiger partial charge in [-0.3, -0.25) is 4.79 Å². The molecule has 1 heterocycles. The predicted molar refractivity (Wildman–Crippen MR) is 73.5 cm³/mol. The van der Waals surface area contributed by atoms with Crippen molar-refractivity contribution in [3.63, 3.8) is 0 Å². The van der Waals surface area contributed by atoms with E-state index < -0.39 is 7.12 Å². The summed E-state index contributed by atoms with van der Waals surface area (Å²) in [4.78, 5) is 15.9. The highest BCUT2D eigenvalue weighted by Crippen LogP contribution is 2.11. The van der Waals surface area contributed by atoms with Crippen molar-refractivity contribution in [1.29, 1.82) is 0 Å². The number of carbonyl (C=O) groups excluding carboxylic acids is 1. The van der Waals surface area contributed by atoms with Crippen LogP contribution in [0.3, 0.4) is 0 Å². The first-order valence-electron chi connectivity index (χ1n) is 5.46. The number of nitrogens with one attached hydrogen (secondary N) is 1. The van der Waals surface area contributed by atoms with E-state index in [-0.39, 0.29) is 16.4 Å². The van der Waals surface area contributed by atoms with Crippen molar-refractivity contribution in [1.82, 2.24) is 4.98 Å². The molecule has 2 aromatic rings. The zero-order valence-corrected chi connectivity index (χ0v) is 10.5. The third-order valence-corrected chi connectivity index (χ3v) is 2.77. The molecule has 96 valence electrons. The maximum atomic E-state index is 11.9. The molecule has 7 heteroatoms. The van der Waals surface area contributed by atoms with E-state index in [2.05, 4.69) is 10.3 Å². The lowest BCUT2D eigenvalue weighted by Crippen LogP contribution is -2.31. The highest BCUT2D eigenvalue weighted by molar-refractivity contribution is 6.62. The van der Waals surface area contributed by atoms with Crippen LogP contribution in [0.1, 0.15) is 10.4 Å². The van der Waals surface area contributed by atoms with Gasteiger partial charge in [-0.25, -0.2) is 4.98 Å². The van der Waals surface area contributed by atoms with Crippen LogP contribution in [-0.4, -0.2) is 28.1 Å². The van der Waals surface area contributed by atoms with Gasteiger partial charge >= 0.3 is 7.12 Å². The Balaban J connectivity index is 2.18. The normalized spacial score (nSPS) is 10.1. The Kier molecular flexibility index (Phi) is 4.16. The summed E-state index contributed by atoms with van der Waals surface area (Å²) in [6.07, 6.45) is 1.56. The quantitative estimate of drug-likeness (QED) is 0.720. The van der Waals surface area contributed by atoms with Gasteiger partial charge in [0.25, 0.3) is 5.91 Å². The van der Waals surface area contributed by atoms with Gasteiger partial charge in [0.05, 0.1) is 0 Å². The lowest BCUT2D eigenvalue weighted by molar-refractivity contribution is 0.102. The third-order valence-electron chi connectivity index (χ3n) is 2.45. The molecule has 5 nitrogen and oxygen atoms in total. The third kappa shape index (κ3) is 3.32. The van der Waals surface area contributed by atoms with E-state index in [1.165, 1.54) is 18.2 Å². The number of hydrogen-bond acceptors (Lipinski definition) is 4. The minimum absolute atomic E-state index is 0.115. The summed E-state index contributed by atoms with van der Waals surface area (Å²) in [6, 6.07) is 9.37. The minimum Gasteiger partial charge on any atom is -0.423 e. The zero-order valence-electron chi connectivity index (χ0n) is 9.75. The first-order valence-corrected chi connectivity index (χ1v) is 5.83. The van der Waals surface area contributed by atoms with E-state index in [4.69, 9.17) is 21.6 Å². The SMILES string of the molecule is O=C(Nc1ccccn1)c1ccc(B(O)O)c(Cl)c1. The molecule has 0 bridgehead atoms. The van der Waals surface area contributed by atoms with Crippen LogP contribution in [0.15, 0.2) is 42.6 Å². The number of amides is 1. The van der Waals surface area contributed by atoms with Gasteiger partial charge in [-0.15, -0.1) is 0 Å². The number of carbonyl (C=O) groups is 1. The van der Waals surface area contributed by atoms with Crippen LogP contribution in [0.4, 0.5) is 5.82 Å². The van der Waals surface area contributed by atoms with Crippen LogP contribution < -0.4 is 10.8 Å². The Morgan fingerprint density at radius 3 is 2.63 bits per heavy atom. The zero-order chi connectivity index (χ0) is 13.8. The number of halogens is 1. The van der Waals surface area contributed by atoms with Crippen LogP contribution in [0, 0.1) is 0 Å². The molecule has 0 saturated carbocycles. The highest BCUT2D eigenvalue weighted by atomic mass is 35.5. The molecule has 0 fully saturated rings. The van der Waals surface area contributed by atoms with Gasteiger partial charge in [0, 0.05) is 22.2 Å². The molecule has 0 radical (unpaired) electrons. The number of aromatic nitrogens is 1. The van der Waals surface area contributed by atoms with E-state index >= 15 is 0 Å². The molecule has 1 aromatic heterocycles. The highest BCUT2D eigenvalue weighted by Gasteiger charge is 2.17. The Bertz CT molecular complexity index is 593. The molecule has 1 aromatic carbocycles. The van der Waals surface area contributed by atoms with Crippen molar-refractivity contribution in [2.24, 2.45) is 0 Å². The Morgan fingerprint density at radius 2 is 2.05 bits per heavy atom. The second kappa shape index (κ2) is 5.84. The molecule has 3 N–H and O–H groups in total.